The number of nitrogens with two attached hydrogens (primary N) is 1. The standard InChI is InChI=1S/C12H17NO2S/c1-8(2)16-6-10(13)9-3-4-11-12(5-9)15-7-14-11/h3-5,8,10H,6-7,13H2,1-2H3. The van der Waals surface area contributed by atoms with E-state index in [0.29, 0.717) is 12.0 Å². The second-order valence-electron chi connectivity index (χ2n) is 4.10. The van der Waals surface area contributed by atoms with Gasteiger partial charge in [-0.3, -0.25) is 0 Å². The van der Waals surface area contributed by atoms with Crippen molar-refractivity contribution in [3.63, 3.8) is 0 Å². The summed E-state index contributed by atoms with van der Waals surface area (Å²) < 4.78 is 10.6. The zero-order chi connectivity index (χ0) is 11.5. The molecule has 0 aliphatic carbocycles. The van der Waals surface area contributed by atoms with Gasteiger partial charge in [-0.1, -0.05) is 19.9 Å². The van der Waals surface area contributed by atoms with Gasteiger partial charge in [-0.05, 0) is 22.9 Å². The first-order chi connectivity index (χ1) is 7.66. The lowest BCUT2D eigenvalue weighted by atomic mass is 10.1. The highest BCUT2D eigenvalue weighted by atomic mass is 32.2. The van der Waals surface area contributed by atoms with Gasteiger partial charge >= 0.3 is 0 Å². The van der Waals surface area contributed by atoms with Crippen LogP contribution in [-0.4, -0.2) is 17.8 Å². The van der Waals surface area contributed by atoms with Crippen LogP contribution in [0.4, 0.5) is 0 Å². The Hall–Kier alpha value is -0.870. The molecule has 4 heteroatoms. The van der Waals surface area contributed by atoms with Gasteiger partial charge in [-0.25, -0.2) is 0 Å². The highest BCUT2D eigenvalue weighted by molar-refractivity contribution is 7.99. The van der Waals surface area contributed by atoms with E-state index in [-0.39, 0.29) is 6.04 Å². The van der Waals surface area contributed by atoms with Crippen LogP contribution in [0.3, 0.4) is 0 Å². The van der Waals surface area contributed by atoms with Crippen LogP contribution in [0.25, 0.3) is 0 Å². The third kappa shape index (κ3) is 2.62. The molecule has 1 unspecified atom stereocenters. The molecule has 0 spiro atoms. The topological polar surface area (TPSA) is 44.5 Å². The zero-order valence-electron chi connectivity index (χ0n) is 9.60. The maximum Gasteiger partial charge on any atom is 0.231 e. The predicted octanol–water partition coefficient (Wildman–Crippen LogP) is 2.56. The molecular formula is C12H17NO2S. The van der Waals surface area contributed by atoms with Gasteiger partial charge < -0.3 is 15.2 Å². The van der Waals surface area contributed by atoms with Crippen LogP contribution in [0.1, 0.15) is 25.5 Å². The average molecular weight is 239 g/mol. The number of benzene rings is 1. The van der Waals surface area contributed by atoms with E-state index in [2.05, 4.69) is 13.8 Å². The molecule has 0 aromatic heterocycles. The van der Waals surface area contributed by atoms with E-state index in [1.165, 1.54) is 0 Å². The third-order valence-electron chi connectivity index (χ3n) is 2.43. The van der Waals surface area contributed by atoms with E-state index >= 15 is 0 Å². The van der Waals surface area contributed by atoms with Gasteiger partial charge in [0.25, 0.3) is 0 Å². The molecule has 2 rings (SSSR count). The molecule has 88 valence electrons. The van der Waals surface area contributed by atoms with Gasteiger partial charge in [0.15, 0.2) is 11.5 Å². The van der Waals surface area contributed by atoms with Crippen molar-refractivity contribution >= 4 is 11.8 Å². The Labute approximate surface area is 100 Å². The maximum atomic E-state index is 6.12. The normalized spacial score (nSPS) is 15.5. The minimum absolute atomic E-state index is 0.0573. The van der Waals surface area contributed by atoms with Crippen molar-refractivity contribution in [2.24, 2.45) is 5.73 Å². The van der Waals surface area contributed by atoms with Crippen LogP contribution >= 0.6 is 11.8 Å². The quantitative estimate of drug-likeness (QED) is 0.877. The lowest BCUT2D eigenvalue weighted by Crippen LogP contribution is -2.14. The van der Waals surface area contributed by atoms with Crippen molar-refractivity contribution in [3.8, 4) is 11.5 Å². The summed E-state index contributed by atoms with van der Waals surface area (Å²) >= 11 is 1.87. The van der Waals surface area contributed by atoms with Crippen molar-refractivity contribution in [1.82, 2.24) is 0 Å². The fraction of sp³-hybridized carbons (Fsp3) is 0.500. The van der Waals surface area contributed by atoms with Crippen LogP contribution in [-0.2, 0) is 0 Å². The largest absolute Gasteiger partial charge is 0.454 e. The second-order valence-corrected chi connectivity index (χ2v) is 5.71. The van der Waals surface area contributed by atoms with Crippen LogP contribution in [0, 0.1) is 0 Å². The molecular weight excluding hydrogens is 222 g/mol. The van der Waals surface area contributed by atoms with E-state index < -0.39 is 0 Å². The summed E-state index contributed by atoms with van der Waals surface area (Å²) in [5, 5.41) is 0.611. The highest BCUT2D eigenvalue weighted by Crippen LogP contribution is 2.34. The first-order valence-corrected chi connectivity index (χ1v) is 6.48. The van der Waals surface area contributed by atoms with Crippen molar-refractivity contribution in [2.75, 3.05) is 12.5 Å². The molecule has 0 saturated carbocycles. The number of ether oxygens (including phenoxy) is 2. The molecule has 0 saturated heterocycles. The van der Waals surface area contributed by atoms with E-state index in [9.17, 15) is 0 Å². The first-order valence-electron chi connectivity index (χ1n) is 5.43. The molecule has 1 aliphatic heterocycles. The molecule has 3 nitrogen and oxygen atoms in total. The molecule has 0 amide bonds. The Morgan fingerprint density at radius 2 is 2.06 bits per heavy atom. The van der Waals surface area contributed by atoms with Gasteiger partial charge in [0, 0.05) is 11.8 Å². The van der Waals surface area contributed by atoms with Crippen LogP contribution in [0.5, 0.6) is 11.5 Å². The molecule has 0 bridgehead atoms. The van der Waals surface area contributed by atoms with Gasteiger partial charge in [0.2, 0.25) is 6.79 Å². The SMILES string of the molecule is CC(C)SCC(N)c1ccc2c(c1)OCO2. The summed E-state index contributed by atoms with van der Waals surface area (Å²) in [5.41, 5.74) is 7.23. The van der Waals surface area contributed by atoms with Gasteiger partial charge in [0.1, 0.15) is 0 Å². The van der Waals surface area contributed by atoms with Gasteiger partial charge in [-0.2, -0.15) is 11.8 Å². The average Bonchev–Trinajstić information content (AvgIpc) is 2.72. The first kappa shape index (κ1) is 11.6. The second kappa shape index (κ2) is 4.97. The van der Waals surface area contributed by atoms with Crippen molar-refractivity contribution in [3.05, 3.63) is 23.8 Å². The predicted molar refractivity (Wildman–Crippen MR) is 67.1 cm³/mol. The summed E-state index contributed by atoms with van der Waals surface area (Å²) in [6.45, 7) is 4.67. The van der Waals surface area contributed by atoms with Gasteiger partial charge in [-0.15, -0.1) is 0 Å². The van der Waals surface area contributed by atoms with E-state index in [1.54, 1.807) is 0 Å². The Morgan fingerprint density at radius 1 is 1.31 bits per heavy atom. The summed E-state index contributed by atoms with van der Waals surface area (Å²) in [6, 6.07) is 5.98. The minimum atomic E-state index is 0.0573. The minimum Gasteiger partial charge on any atom is -0.454 e. The van der Waals surface area contributed by atoms with Crippen LogP contribution in [0.15, 0.2) is 18.2 Å². The smallest absolute Gasteiger partial charge is 0.231 e. The summed E-state index contributed by atoms with van der Waals surface area (Å²) in [7, 11) is 0. The molecule has 16 heavy (non-hydrogen) atoms. The van der Waals surface area contributed by atoms with Gasteiger partial charge in [0.05, 0.1) is 0 Å². The Morgan fingerprint density at radius 3 is 2.81 bits per heavy atom. The lowest BCUT2D eigenvalue weighted by molar-refractivity contribution is 0.174. The van der Waals surface area contributed by atoms with Crippen molar-refractivity contribution < 1.29 is 9.47 Å². The number of fused-ring (bicyclic) bond motifs is 1. The summed E-state index contributed by atoms with van der Waals surface area (Å²) in [5.74, 6) is 2.55. The van der Waals surface area contributed by atoms with Crippen molar-refractivity contribution in [2.45, 2.75) is 25.1 Å². The Balaban J connectivity index is 2.03. The fourth-order valence-corrected chi connectivity index (χ4v) is 2.32. The Kier molecular flexibility index (Phi) is 3.61. The molecule has 1 aromatic rings. The Bertz CT molecular complexity index is 368. The number of thioether (sulfide) groups is 1. The summed E-state index contributed by atoms with van der Waals surface area (Å²) in [4.78, 5) is 0. The molecule has 0 radical (unpaired) electrons. The van der Waals surface area contributed by atoms with E-state index in [0.717, 1.165) is 22.8 Å². The molecule has 2 N–H and O–H groups in total. The molecule has 1 aromatic carbocycles. The van der Waals surface area contributed by atoms with E-state index in [1.807, 2.05) is 30.0 Å². The summed E-state index contributed by atoms with van der Waals surface area (Å²) in [6.07, 6.45) is 0. The number of hydrogen-bond donors (Lipinski definition) is 1. The fourth-order valence-electron chi connectivity index (χ4n) is 1.54. The van der Waals surface area contributed by atoms with Crippen LogP contribution < -0.4 is 15.2 Å². The molecule has 1 aliphatic rings. The number of hydrogen-bond acceptors (Lipinski definition) is 4. The maximum absolute atomic E-state index is 6.12. The zero-order valence-corrected chi connectivity index (χ0v) is 10.4. The molecule has 0 fully saturated rings. The lowest BCUT2D eigenvalue weighted by Gasteiger charge is -2.13. The molecule has 1 heterocycles. The third-order valence-corrected chi connectivity index (χ3v) is 3.65. The van der Waals surface area contributed by atoms with E-state index in [4.69, 9.17) is 15.2 Å². The number of rotatable bonds is 4. The van der Waals surface area contributed by atoms with Crippen molar-refractivity contribution in [1.29, 1.82) is 0 Å². The monoisotopic (exact) mass is 239 g/mol. The molecule has 1 atom stereocenters. The highest BCUT2D eigenvalue weighted by Gasteiger charge is 2.16. The van der Waals surface area contributed by atoms with Crippen LogP contribution in [0.2, 0.25) is 0 Å².